The highest BCUT2D eigenvalue weighted by atomic mass is 32.2. The van der Waals surface area contributed by atoms with E-state index in [-0.39, 0.29) is 29.4 Å². The third-order valence-electron chi connectivity index (χ3n) is 3.74. The van der Waals surface area contributed by atoms with Crippen molar-refractivity contribution in [3.63, 3.8) is 0 Å². The van der Waals surface area contributed by atoms with Crippen LogP contribution in [0.4, 0.5) is 0 Å². The summed E-state index contributed by atoms with van der Waals surface area (Å²) in [5.41, 5.74) is 0.0166. The lowest BCUT2D eigenvalue weighted by Gasteiger charge is -2.14. The molecule has 1 aromatic rings. The maximum atomic E-state index is 11.9. The predicted octanol–water partition coefficient (Wildman–Crippen LogP) is 0.244. The van der Waals surface area contributed by atoms with E-state index in [4.69, 9.17) is 5.11 Å². The van der Waals surface area contributed by atoms with Gasteiger partial charge in [0, 0.05) is 13.2 Å². The lowest BCUT2D eigenvalue weighted by molar-refractivity contribution is -0.120. The average Bonchev–Trinajstić information content (AvgIpc) is 3.25. The lowest BCUT2D eigenvalue weighted by Crippen LogP contribution is -2.39. The molecule has 0 saturated heterocycles. The molecule has 1 fully saturated rings. The molecule has 6 nitrogen and oxygen atoms in total. The second-order valence-corrected chi connectivity index (χ2v) is 7.15. The van der Waals surface area contributed by atoms with Crippen LogP contribution >= 0.6 is 0 Å². The van der Waals surface area contributed by atoms with Crippen LogP contribution in [-0.4, -0.2) is 39.1 Å². The summed E-state index contributed by atoms with van der Waals surface area (Å²) in [4.78, 5) is 11.8. The minimum atomic E-state index is -3.65. The number of sulfonamides is 1. The van der Waals surface area contributed by atoms with Crippen molar-refractivity contribution in [2.45, 2.75) is 24.2 Å². The molecule has 0 radical (unpaired) electrons. The summed E-state index contributed by atoms with van der Waals surface area (Å²) in [6, 6.07) is 7.92. The van der Waals surface area contributed by atoms with Crippen molar-refractivity contribution in [3.8, 4) is 0 Å². The Hall–Kier alpha value is -1.44. The van der Waals surface area contributed by atoms with Gasteiger partial charge in [-0.3, -0.25) is 4.79 Å². The summed E-state index contributed by atoms with van der Waals surface area (Å²) in [7, 11) is -3.65. The van der Waals surface area contributed by atoms with Crippen molar-refractivity contribution in [3.05, 3.63) is 30.3 Å². The number of hydrogen-bond acceptors (Lipinski definition) is 4. The van der Waals surface area contributed by atoms with Gasteiger partial charge in [-0.15, -0.1) is 0 Å². The Balaban J connectivity index is 1.79. The smallest absolute Gasteiger partial charge is 0.241 e. The van der Waals surface area contributed by atoms with Gasteiger partial charge in [0.25, 0.3) is 0 Å². The van der Waals surface area contributed by atoms with Gasteiger partial charge < -0.3 is 10.4 Å². The second-order valence-electron chi connectivity index (χ2n) is 5.39. The van der Waals surface area contributed by atoms with E-state index < -0.39 is 10.0 Å². The molecule has 0 heterocycles. The molecular weight excluding hydrogens is 292 g/mol. The second kappa shape index (κ2) is 6.55. The fraction of sp³-hybridized carbons (Fsp3) is 0.500. The Morgan fingerprint density at radius 3 is 2.48 bits per heavy atom. The van der Waals surface area contributed by atoms with E-state index in [0.717, 1.165) is 12.8 Å². The van der Waals surface area contributed by atoms with Crippen LogP contribution in [0.1, 0.15) is 19.3 Å². The van der Waals surface area contributed by atoms with Crippen LogP contribution in [0.25, 0.3) is 0 Å². The Morgan fingerprint density at radius 2 is 1.90 bits per heavy atom. The van der Waals surface area contributed by atoms with E-state index in [0.29, 0.717) is 13.0 Å². The number of carbonyl (C=O) groups is 1. The van der Waals surface area contributed by atoms with Crippen LogP contribution in [0, 0.1) is 5.41 Å². The summed E-state index contributed by atoms with van der Waals surface area (Å²) in [5.74, 6) is -0.362. The Bertz CT molecular complexity index is 582. The number of nitrogens with one attached hydrogen (secondary N) is 2. The number of aliphatic hydroxyl groups is 1. The largest absolute Gasteiger partial charge is 0.396 e. The molecule has 0 atom stereocenters. The maximum Gasteiger partial charge on any atom is 0.241 e. The summed E-state index contributed by atoms with van der Waals surface area (Å²) in [5, 5.41) is 11.7. The number of carbonyl (C=O) groups excluding carboxylic acids is 1. The van der Waals surface area contributed by atoms with Gasteiger partial charge in [0.1, 0.15) is 0 Å². The third-order valence-corrected chi connectivity index (χ3v) is 5.15. The zero-order valence-corrected chi connectivity index (χ0v) is 12.5. The molecule has 0 bridgehead atoms. The first-order chi connectivity index (χ1) is 9.97. The zero-order chi connectivity index (χ0) is 15.3. The van der Waals surface area contributed by atoms with Crippen molar-refractivity contribution >= 4 is 15.9 Å². The number of hydrogen-bond donors (Lipinski definition) is 3. The van der Waals surface area contributed by atoms with Crippen LogP contribution in [0.3, 0.4) is 0 Å². The molecule has 3 N–H and O–H groups in total. The van der Waals surface area contributed by atoms with Crippen LogP contribution in [0.5, 0.6) is 0 Å². The molecule has 0 aromatic heterocycles. The number of rotatable bonds is 8. The van der Waals surface area contributed by atoms with E-state index in [9.17, 15) is 13.2 Å². The Kier molecular flexibility index (Phi) is 4.97. The van der Waals surface area contributed by atoms with Crippen LogP contribution < -0.4 is 10.0 Å². The molecule has 1 aliphatic rings. The van der Waals surface area contributed by atoms with Crippen molar-refractivity contribution < 1.29 is 18.3 Å². The first-order valence-corrected chi connectivity index (χ1v) is 8.38. The van der Waals surface area contributed by atoms with E-state index in [1.54, 1.807) is 18.2 Å². The van der Waals surface area contributed by atoms with E-state index in [1.807, 2.05) is 0 Å². The van der Waals surface area contributed by atoms with E-state index >= 15 is 0 Å². The highest BCUT2D eigenvalue weighted by Crippen LogP contribution is 2.47. The van der Waals surface area contributed by atoms with Gasteiger partial charge in [-0.25, -0.2) is 13.1 Å². The molecule has 0 aliphatic heterocycles. The van der Waals surface area contributed by atoms with Crippen LogP contribution in [0.2, 0.25) is 0 Å². The minimum Gasteiger partial charge on any atom is -0.396 e. The molecule has 116 valence electrons. The van der Waals surface area contributed by atoms with Gasteiger partial charge in [0.2, 0.25) is 15.9 Å². The van der Waals surface area contributed by atoms with Gasteiger partial charge >= 0.3 is 0 Å². The molecule has 1 amide bonds. The van der Waals surface area contributed by atoms with Crippen molar-refractivity contribution in [2.24, 2.45) is 5.41 Å². The quantitative estimate of drug-likeness (QED) is 0.641. The summed E-state index contributed by atoms with van der Waals surface area (Å²) < 4.78 is 26.1. The topological polar surface area (TPSA) is 95.5 Å². The van der Waals surface area contributed by atoms with Gasteiger partial charge in [0.05, 0.1) is 11.4 Å². The Labute approximate surface area is 124 Å². The molecular formula is C14H20N2O4S. The first-order valence-electron chi connectivity index (χ1n) is 6.90. The molecule has 2 rings (SSSR count). The fourth-order valence-corrected chi connectivity index (χ4v) is 3.12. The predicted molar refractivity (Wildman–Crippen MR) is 78.0 cm³/mol. The molecule has 7 heteroatoms. The fourth-order valence-electron chi connectivity index (χ4n) is 2.12. The molecule has 1 aliphatic carbocycles. The van der Waals surface area contributed by atoms with E-state index in [2.05, 4.69) is 10.0 Å². The lowest BCUT2D eigenvalue weighted by atomic mass is 10.0. The monoisotopic (exact) mass is 312 g/mol. The van der Waals surface area contributed by atoms with Crippen LogP contribution in [-0.2, 0) is 14.8 Å². The number of aliphatic hydroxyl groups excluding tert-OH is 1. The Morgan fingerprint density at radius 1 is 1.24 bits per heavy atom. The highest BCUT2D eigenvalue weighted by Gasteiger charge is 2.41. The van der Waals surface area contributed by atoms with Gasteiger partial charge in [0.15, 0.2) is 0 Å². The molecule has 0 unspecified atom stereocenters. The van der Waals surface area contributed by atoms with Crippen molar-refractivity contribution in [1.29, 1.82) is 0 Å². The van der Waals surface area contributed by atoms with Gasteiger partial charge in [-0.05, 0) is 36.8 Å². The summed E-state index contributed by atoms with van der Waals surface area (Å²) in [6.07, 6.45) is 2.65. The maximum absolute atomic E-state index is 11.9. The number of benzene rings is 1. The van der Waals surface area contributed by atoms with Gasteiger partial charge in [-0.1, -0.05) is 18.2 Å². The molecule has 1 aromatic carbocycles. The zero-order valence-electron chi connectivity index (χ0n) is 11.7. The standard InChI is InChI=1S/C14H20N2O4S/c17-9-8-14(6-7-14)11-15-13(18)10-16-21(19,20)12-4-2-1-3-5-12/h1-5,16-17H,6-11H2,(H,15,18). The van der Waals surface area contributed by atoms with Crippen molar-refractivity contribution in [1.82, 2.24) is 10.0 Å². The van der Waals surface area contributed by atoms with Crippen molar-refractivity contribution in [2.75, 3.05) is 19.7 Å². The van der Waals surface area contributed by atoms with Gasteiger partial charge in [-0.2, -0.15) is 0 Å². The molecule has 21 heavy (non-hydrogen) atoms. The SMILES string of the molecule is O=C(CNS(=O)(=O)c1ccccc1)NCC1(CCO)CC1. The normalized spacial score (nSPS) is 16.4. The van der Waals surface area contributed by atoms with E-state index in [1.165, 1.54) is 12.1 Å². The molecule has 0 spiro atoms. The highest BCUT2D eigenvalue weighted by molar-refractivity contribution is 7.89. The number of amides is 1. The average molecular weight is 312 g/mol. The summed E-state index contributed by atoms with van der Waals surface area (Å²) >= 11 is 0. The third kappa shape index (κ3) is 4.52. The first kappa shape index (κ1) is 15.9. The van der Waals surface area contributed by atoms with Crippen LogP contribution in [0.15, 0.2) is 35.2 Å². The summed E-state index contributed by atoms with van der Waals surface area (Å²) in [6.45, 7) is 0.308. The minimum absolute atomic E-state index is 0.0166. The molecule has 1 saturated carbocycles.